The molecule has 7 nitrogen and oxygen atoms in total. The number of benzene rings is 3. The molecule has 0 unspecified atom stereocenters. The van der Waals surface area contributed by atoms with E-state index in [0.717, 1.165) is 24.0 Å². The maximum Gasteiger partial charge on any atom is 0.228 e. The van der Waals surface area contributed by atoms with Crippen LogP contribution < -0.4 is 0 Å². The highest BCUT2D eigenvalue weighted by atomic mass is 32.2. The Morgan fingerprint density at radius 3 is 2.13 bits per heavy atom. The molecule has 39 heavy (non-hydrogen) atoms. The van der Waals surface area contributed by atoms with E-state index in [0.29, 0.717) is 31.0 Å². The summed E-state index contributed by atoms with van der Waals surface area (Å²) in [5.41, 5.74) is 3.26. The van der Waals surface area contributed by atoms with Crippen LogP contribution in [0.1, 0.15) is 35.2 Å². The van der Waals surface area contributed by atoms with Gasteiger partial charge in [-0.2, -0.15) is 0 Å². The molecule has 0 N–H and O–H groups in total. The summed E-state index contributed by atoms with van der Waals surface area (Å²) in [6.07, 6.45) is 3.70. The van der Waals surface area contributed by atoms with Gasteiger partial charge in [0.25, 0.3) is 0 Å². The molecule has 3 aromatic carbocycles. The number of hydrogen-bond donors (Lipinski definition) is 0. The lowest BCUT2D eigenvalue weighted by Crippen LogP contribution is -2.38. The van der Waals surface area contributed by atoms with Gasteiger partial charge in [-0.15, -0.1) is 0 Å². The highest BCUT2D eigenvalue weighted by molar-refractivity contribution is 7.90. The third-order valence-corrected chi connectivity index (χ3v) is 8.51. The molecule has 1 amide bonds. The first kappa shape index (κ1) is 26.8. The van der Waals surface area contributed by atoms with Gasteiger partial charge in [-0.05, 0) is 29.5 Å². The topological polar surface area (TPSA) is 81.5 Å². The predicted octanol–water partition coefficient (Wildman–Crippen LogP) is 4.66. The Morgan fingerprint density at radius 1 is 0.897 bits per heavy atom. The van der Waals surface area contributed by atoms with Crippen molar-refractivity contribution in [1.29, 1.82) is 0 Å². The predicted molar refractivity (Wildman–Crippen MR) is 150 cm³/mol. The summed E-state index contributed by atoms with van der Waals surface area (Å²) in [7, 11) is -3.75. The highest BCUT2D eigenvalue weighted by Crippen LogP contribution is 2.22. The van der Waals surface area contributed by atoms with E-state index >= 15 is 0 Å². The Hall–Kier alpha value is -3.75. The molecule has 4 aromatic rings. The fraction of sp³-hybridized carbons (Fsp3) is 0.290. The second-order valence-corrected chi connectivity index (χ2v) is 11.8. The molecule has 2 heterocycles. The normalized spacial score (nSPS) is 15.3. The van der Waals surface area contributed by atoms with Gasteiger partial charge < -0.3 is 14.2 Å². The molecule has 8 heteroatoms. The lowest BCUT2D eigenvalue weighted by molar-refractivity contribution is -0.132. The minimum Gasteiger partial charge on any atom is -0.376 e. The first-order valence-corrected chi connectivity index (χ1v) is 14.9. The van der Waals surface area contributed by atoms with Crippen molar-refractivity contribution in [1.82, 2.24) is 14.5 Å². The maximum absolute atomic E-state index is 13.6. The summed E-state index contributed by atoms with van der Waals surface area (Å²) in [5.74, 6) is -0.177. The number of aromatic nitrogens is 2. The summed E-state index contributed by atoms with van der Waals surface area (Å²) in [6.45, 7) is 1.72. The zero-order valence-electron chi connectivity index (χ0n) is 21.9. The quantitative estimate of drug-likeness (QED) is 0.275. The molecule has 0 aliphatic carbocycles. The van der Waals surface area contributed by atoms with Crippen LogP contribution in [0, 0.1) is 0 Å². The molecule has 1 atom stereocenters. The van der Waals surface area contributed by atoms with Crippen molar-refractivity contribution < 1.29 is 17.9 Å². The average molecular weight is 544 g/mol. The zero-order chi connectivity index (χ0) is 27.1. The average Bonchev–Trinajstić information content (AvgIpc) is 3.60. The van der Waals surface area contributed by atoms with Gasteiger partial charge in [0.2, 0.25) is 20.9 Å². The fourth-order valence-corrected chi connectivity index (χ4v) is 6.42. The molecule has 1 fully saturated rings. The number of carbonyl (C=O) groups excluding carboxylic acids is 1. The SMILES string of the molecule is O=C(Cc1ccccc1)N(Cc1cnc(S(=O)(=O)Cc2ccccc2)n1Cc1ccccc1)C[C@H]1CCCO1. The van der Waals surface area contributed by atoms with E-state index in [9.17, 15) is 13.2 Å². The largest absolute Gasteiger partial charge is 0.376 e. The number of sulfone groups is 1. The van der Waals surface area contributed by atoms with E-state index in [4.69, 9.17) is 4.74 Å². The molecule has 202 valence electrons. The zero-order valence-corrected chi connectivity index (χ0v) is 22.7. The first-order chi connectivity index (χ1) is 19.0. The van der Waals surface area contributed by atoms with Gasteiger partial charge >= 0.3 is 0 Å². The number of hydrogen-bond acceptors (Lipinski definition) is 5. The summed E-state index contributed by atoms with van der Waals surface area (Å²) in [5, 5.41) is 0.0118. The van der Waals surface area contributed by atoms with Crippen molar-refractivity contribution in [2.75, 3.05) is 13.2 Å². The Kier molecular flexibility index (Phi) is 8.54. The number of nitrogens with zero attached hydrogens (tertiary/aromatic N) is 3. The Morgan fingerprint density at radius 2 is 1.51 bits per heavy atom. The summed E-state index contributed by atoms with van der Waals surface area (Å²) >= 11 is 0. The minimum absolute atomic E-state index is 0.0118. The van der Waals surface area contributed by atoms with Crippen molar-refractivity contribution in [3.8, 4) is 0 Å². The molecule has 0 spiro atoms. The van der Waals surface area contributed by atoms with Crippen molar-refractivity contribution in [3.63, 3.8) is 0 Å². The van der Waals surface area contributed by atoms with E-state index in [2.05, 4.69) is 4.98 Å². The third-order valence-electron chi connectivity index (χ3n) is 6.91. The van der Waals surface area contributed by atoms with Crippen molar-refractivity contribution in [3.05, 3.63) is 120 Å². The molecule has 1 aliphatic rings. The van der Waals surface area contributed by atoms with Crippen molar-refractivity contribution in [2.24, 2.45) is 0 Å². The molecule has 5 rings (SSSR count). The Bertz CT molecular complexity index is 1470. The molecule has 0 radical (unpaired) electrons. The van der Waals surface area contributed by atoms with Crippen LogP contribution in [0.25, 0.3) is 0 Å². The molecule has 1 saturated heterocycles. The van der Waals surface area contributed by atoms with Crippen LogP contribution >= 0.6 is 0 Å². The molecule has 1 aliphatic heterocycles. The molecule has 0 bridgehead atoms. The number of carbonyl (C=O) groups is 1. The van der Waals surface area contributed by atoms with Crippen molar-refractivity contribution in [2.45, 2.75) is 49.4 Å². The maximum atomic E-state index is 13.6. The molecular weight excluding hydrogens is 510 g/mol. The number of imidazole rings is 1. The summed E-state index contributed by atoms with van der Waals surface area (Å²) in [4.78, 5) is 19.7. The number of amides is 1. The Labute approximate surface area is 230 Å². The molecular formula is C31H33N3O4S. The monoisotopic (exact) mass is 543 g/mol. The van der Waals surface area contributed by atoms with Crippen LogP contribution in [0.5, 0.6) is 0 Å². The van der Waals surface area contributed by atoms with E-state index in [1.54, 1.807) is 27.8 Å². The van der Waals surface area contributed by atoms with E-state index in [1.807, 2.05) is 78.9 Å². The summed E-state index contributed by atoms with van der Waals surface area (Å²) in [6, 6.07) is 28.5. The summed E-state index contributed by atoms with van der Waals surface area (Å²) < 4.78 is 34.8. The van der Waals surface area contributed by atoms with Gasteiger partial charge in [0.15, 0.2) is 0 Å². The molecule has 1 aromatic heterocycles. The van der Waals surface area contributed by atoms with Gasteiger partial charge in [0.1, 0.15) is 0 Å². The van der Waals surface area contributed by atoms with E-state index in [1.165, 1.54) is 0 Å². The van der Waals surface area contributed by atoms with Crippen LogP contribution in [0.4, 0.5) is 0 Å². The van der Waals surface area contributed by atoms with Gasteiger partial charge in [0.05, 0.1) is 43.3 Å². The smallest absolute Gasteiger partial charge is 0.228 e. The van der Waals surface area contributed by atoms with Crippen LogP contribution in [0.2, 0.25) is 0 Å². The van der Waals surface area contributed by atoms with Gasteiger partial charge in [0, 0.05) is 13.2 Å². The molecule has 0 saturated carbocycles. The van der Waals surface area contributed by atoms with Crippen LogP contribution in [0.3, 0.4) is 0 Å². The number of rotatable bonds is 11. The first-order valence-electron chi connectivity index (χ1n) is 13.3. The lowest BCUT2D eigenvalue weighted by atomic mass is 10.1. The third kappa shape index (κ3) is 7.02. The second-order valence-electron chi connectivity index (χ2n) is 9.92. The van der Waals surface area contributed by atoms with Gasteiger partial charge in [-0.3, -0.25) is 4.79 Å². The van der Waals surface area contributed by atoms with Crippen LogP contribution in [-0.2, 0) is 44.6 Å². The minimum atomic E-state index is -3.75. The second kappa shape index (κ2) is 12.4. The fourth-order valence-electron chi connectivity index (χ4n) is 4.93. The van der Waals surface area contributed by atoms with Crippen LogP contribution in [0.15, 0.2) is 102 Å². The Balaban J connectivity index is 1.47. The highest BCUT2D eigenvalue weighted by Gasteiger charge is 2.28. The van der Waals surface area contributed by atoms with E-state index < -0.39 is 9.84 Å². The van der Waals surface area contributed by atoms with Crippen LogP contribution in [-0.4, -0.2) is 48.0 Å². The van der Waals surface area contributed by atoms with Gasteiger partial charge in [-0.25, -0.2) is 13.4 Å². The lowest BCUT2D eigenvalue weighted by Gasteiger charge is -2.26. The standard InChI is InChI=1S/C31H33N3O4S/c35-30(19-25-11-4-1-5-12-25)33(23-29-17-10-18-38-29)22-28-20-32-31(34(28)21-26-13-6-2-7-14-26)39(36,37)24-27-15-8-3-9-16-27/h1-9,11-16,20,29H,10,17-19,21-24H2/t29-/m1/s1. The van der Waals surface area contributed by atoms with Gasteiger partial charge in [-0.1, -0.05) is 91.0 Å². The van der Waals surface area contributed by atoms with Crippen molar-refractivity contribution >= 4 is 15.7 Å². The number of ether oxygens (including phenoxy) is 1. The van der Waals surface area contributed by atoms with E-state index in [-0.39, 0.29) is 35.9 Å².